The summed E-state index contributed by atoms with van der Waals surface area (Å²) in [6.45, 7) is 10.8. The number of nitrogens with one attached hydrogen (secondary N) is 1. The maximum Gasteiger partial charge on any atom is 0.218 e. The molecular formula is C27H48N4O. The van der Waals surface area contributed by atoms with Crippen LogP contribution in [0.4, 0.5) is 5.69 Å². The van der Waals surface area contributed by atoms with Gasteiger partial charge in [-0.2, -0.15) is 0 Å². The molecule has 0 spiro atoms. The van der Waals surface area contributed by atoms with Crippen LogP contribution in [0.1, 0.15) is 77.3 Å². The number of hydrogen-bond donors (Lipinski definition) is 1. The predicted octanol–water partition coefficient (Wildman–Crippen LogP) is 5.64. The number of piperidine rings is 1. The van der Waals surface area contributed by atoms with E-state index in [4.69, 9.17) is 4.74 Å². The number of benzene rings is 1. The highest BCUT2D eigenvalue weighted by Gasteiger charge is 2.24. The van der Waals surface area contributed by atoms with Crippen molar-refractivity contribution in [3.63, 3.8) is 0 Å². The van der Waals surface area contributed by atoms with Crippen molar-refractivity contribution >= 4 is 11.6 Å². The van der Waals surface area contributed by atoms with Gasteiger partial charge < -0.3 is 19.9 Å². The van der Waals surface area contributed by atoms with Crippen molar-refractivity contribution < 1.29 is 4.74 Å². The van der Waals surface area contributed by atoms with Gasteiger partial charge in [0.2, 0.25) is 5.90 Å². The summed E-state index contributed by atoms with van der Waals surface area (Å²) in [7, 11) is 4.20. The lowest BCUT2D eigenvalue weighted by molar-refractivity contribution is 0.112. The van der Waals surface area contributed by atoms with Gasteiger partial charge in [-0.3, -0.25) is 0 Å². The fourth-order valence-corrected chi connectivity index (χ4v) is 4.92. The Morgan fingerprint density at radius 3 is 2.72 bits per heavy atom. The average molecular weight is 445 g/mol. The second-order valence-electron chi connectivity index (χ2n) is 9.72. The Balaban J connectivity index is 0.00000363. The molecule has 0 radical (unpaired) electrons. The fourth-order valence-electron chi connectivity index (χ4n) is 4.92. The molecule has 182 valence electrons. The molecule has 3 rings (SSSR count). The molecule has 1 aromatic rings. The lowest BCUT2D eigenvalue weighted by Crippen LogP contribution is -2.42. The number of aliphatic imine (C=N–C) groups is 1. The van der Waals surface area contributed by atoms with Crippen molar-refractivity contribution in [1.82, 2.24) is 9.80 Å². The van der Waals surface area contributed by atoms with E-state index in [-0.39, 0.29) is 7.43 Å². The number of hydrogen-bond acceptors (Lipinski definition) is 5. The fraction of sp³-hybridized carbons (Fsp3) is 0.741. The van der Waals surface area contributed by atoms with Crippen LogP contribution in [0.5, 0.6) is 0 Å². The standard InChI is InChI=1S/C26H44N4O.CH4/c1-5-23-18-21(2)12-16-30(23)15-9-7-6-8-13-27-25-11-10-22(20-29(3)4)19-24(25)26-28-14-17-31-26;/h10-11,19,21,23,27H,5-9,12-18,20H2,1-4H3;1H4. The molecule has 2 aliphatic heterocycles. The number of anilines is 1. The molecule has 2 atom stereocenters. The minimum Gasteiger partial charge on any atom is -0.475 e. The van der Waals surface area contributed by atoms with Crippen LogP contribution in [-0.2, 0) is 11.3 Å². The maximum atomic E-state index is 5.77. The Labute approximate surface area is 197 Å². The van der Waals surface area contributed by atoms with Crippen molar-refractivity contribution in [3.8, 4) is 0 Å². The molecule has 1 aromatic carbocycles. The Kier molecular flexibility index (Phi) is 11.5. The van der Waals surface area contributed by atoms with Crippen LogP contribution in [0.25, 0.3) is 0 Å². The van der Waals surface area contributed by atoms with Gasteiger partial charge in [0.1, 0.15) is 6.61 Å². The van der Waals surface area contributed by atoms with Gasteiger partial charge in [0, 0.05) is 24.8 Å². The normalized spacial score (nSPS) is 21.2. The first kappa shape index (κ1) is 26.7. The lowest BCUT2D eigenvalue weighted by atomic mass is 9.91. The molecule has 1 N–H and O–H groups in total. The Morgan fingerprint density at radius 1 is 1.19 bits per heavy atom. The number of rotatable bonds is 12. The van der Waals surface area contributed by atoms with Crippen LogP contribution in [0.15, 0.2) is 23.2 Å². The number of ether oxygens (including phenoxy) is 1. The highest BCUT2D eigenvalue weighted by atomic mass is 16.5. The van der Waals surface area contributed by atoms with Crippen molar-refractivity contribution in [3.05, 3.63) is 29.3 Å². The molecule has 0 aliphatic carbocycles. The van der Waals surface area contributed by atoms with E-state index in [1.54, 1.807) is 0 Å². The molecule has 5 nitrogen and oxygen atoms in total. The topological polar surface area (TPSA) is 40.1 Å². The van der Waals surface area contributed by atoms with Gasteiger partial charge in [0.25, 0.3) is 0 Å². The van der Waals surface area contributed by atoms with Crippen molar-refractivity contribution in [2.45, 2.75) is 78.8 Å². The van der Waals surface area contributed by atoms with Gasteiger partial charge >= 0.3 is 0 Å². The van der Waals surface area contributed by atoms with Gasteiger partial charge in [-0.15, -0.1) is 0 Å². The lowest BCUT2D eigenvalue weighted by Gasteiger charge is -2.38. The Morgan fingerprint density at radius 2 is 2.00 bits per heavy atom. The summed E-state index contributed by atoms with van der Waals surface area (Å²) in [5, 5.41) is 3.65. The summed E-state index contributed by atoms with van der Waals surface area (Å²) in [5.41, 5.74) is 3.56. The minimum absolute atomic E-state index is 0. The van der Waals surface area contributed by atoms with Crippen molar-refractivity contribution in [1.29, 1.82) is 0 Å². The molecule has 1 fully saturated rings. The summed E-state index contributed by atoms with van der Waals surface area (Å²) in [5.74, 6) is 1.71. The molecule has 2 aliphatic rings. The van der Waals surface area contributed by atoms with E-state index in [1.807, 2.05) is 0 Å². The third kappa shape index (κ3) is 8.08. The van der Waals surface area contributed by atoms with Crippen LogP contribution >= 0.6 is 0 Å². The van der Waals surface area contributed by atoms with Gasteiger partial charge in [0.05, 0.1) is 12.1 Å². The predicted molar refractivity (Wildman–Crippen MR) is 139 cm³/mol. The molecule has 2 unspecified atom stereocenters. The van der Waals surface area contributed by atoms with Gasteiger partial charge in [0.15, 0.2) is 0 Å². The minimum atomic E-state index is 0. The molecule has 2 heterocycles. The first-order chi connectivity index (χ1) is 15.1. The Hall–Kier alpha value is -1.59. The zero-order valence-corrected chi connectivity index (χ0v) is 20.3. The molecule has 32 heavy (non-hydrogen) atoms. The third-order valence-electron chi connectivity index (χ3n) is 6.66. The number of nitrogens with zero attached hydrogens (tertiary/aromatic N) is 3. The van der Waals surface area contributed by atoms with Crippen LogP contribution in [0, 0.1) is 5.92 Å². The largest absolute Gasteiger partial charge is 0.475 e. The molecule has 1 saturated heterocycles. The smallest absolute Gasteiger partial charge is 0.218 e. The zero-order valence-electron chi connectivity index (χ0n) is 20.3. The summed E-state index contributed by atoms with van der Waals surface area (Å²) in [4.78, 5) is 9.50. The van der Waals surface area contributed by atoms with Gasteiger partial charge in [-0.05, 0) is 82.9 Å². The van der Waals surface area contributed by atoms with E-state index < -0.39 is 0 Å². The summed E-state index contributed by atoms with van der Waals surface area (Å²) in [6, 6.07) is 7.46. The monoisotopic (exact) mass is 444 g/mol. The summed E-state index contributed by atoms with van der Waals surface area (Å²) >= 11 is 0. The van der Waals surface area contributed by atoms with Gasteiger partial charge in [-0.1, -0.05) is 40.2 Å². The third-order valence-corrected chi connectivity index (χ3v) is 6.66. The van der Waals surface area contributed by atoms with E-state index in [9.17, 15) is 0 Å². The second-order valence-corrected chi connectivity index (χ2v) is 9.72. The zero-order chi connectivity index (χ0) is 22.1. The number of unbranched alkanes of at least 4 members (excludes halogenated alkanes) is 3. The molecule has 5 heteroatoms. The first-order valence-electron chi connectivity index (χ1n) is 12.5. The first-order valence-corrected chi connectivity index (χ1v) is 12.5. The van der Waals surface area contributed by atoms with Crippen molar-refractivity contribution in [2.24, 2.45) is 10.9 Å². The maximum absolute atomic E-state index is 5.77. The highest BCUT2D eigenvalue weighted by molar-refractivity contribution is 6.00. The van der Waals surface area contributed by atoms with Crippen molar-refractivity contribution in [2.75, 3.05) is 52.2 Å². The van der Waals surface area contributed by atoms with E-state index in [0.29, 0.717) is 6.61 Å². The van der Waals surface area contributed by atoms with E-state index >= 15 is 0 Å². The van der Waals surface area contributed by atoms with E-state index in [1.165, 1.54) is 63.6 Å². The molecular weight excluding hydrogens is 396 g/mol. The van der Waals surface area contributed by atoms with Crippen LogP contribution in [0.3, 0.4) is 0 Å². The summed E-state index contributed by atoms with van der Waals surface area (Å²) in [6.07, 6.45) is 9.24. The number of likely N-dealkylation sites (tertiary alicyclic amines) is 1. The molecule has 0 amide bonds. The van der Waals surface area contributed by atoms with Gasteiger partial charge in [-0.25, -0.2) is 4.99 Å². The molecule has 0 saturated carbocycles. The quantitative estimate of drug-likeness (QED) is 0.423. The van der Waals surface area contributed by atoms with Crippen LogP contribution in [0.2, 0.25) is 0 Å². The molecule has 0 bridgehead atoms. The Bertz CT molecular complexity index is 703. The SMILES string of the molecule is C.CCC1CC(C)CCN1CCCCCCNc1ccc(CN(C)C)cc1C1=NCCO1. The summed E-state index contributed by atoms with van der Waals surface area (Å²) < 4.78 is 5.77. The highest BCUT2D eigenvalue weighted by Crippen LogP contribution is 2.25. The second kappa shape index (κ2) is 13.8. The van der Waals surface area contributed by atoms with Crippen LogP contribution < -0.4 is 5.32 Å². The van der Waals surface area contributed by atoms with E-state index in [2.05, 4.69) is 66.3 Å². The average Bonchev–Trinajstić information content (AvgIpc) is 3.29. The van der Waals surface area contributed by atoms with Crippen LogP contribution in [-0.4, -0.2) is 68.6 Å². The van der Waals surface area contributed by atoms with E-state index in [0.717, 1.165) is 48.7 Å². The molecule has 0 aromatic heterocycles.